The molecule has 1 aromatic heterocycles. The number of allylic oxidation sites excluding steroid dienone is 1. The van der Waals surface area contributed by atoms with E-state index in [1.165, 1.54) is 18.5 Å². The molecule has 2 aromatic rings. The molecule has 0 aliphatic heterocycles. The average molecular weight is 392 g/mol. The van der Waals surface area contributed by atoms with Gasteiger partial charge in [0.25, 0.3) is 5.56 Å². The first-order chi connectivity index (χ1) is 13.7. The molecule has 0 unspecified atom stereocenters. The van der Waals surface area contributed by atoms with Crippen LogP contribution in [0.1, 0.15) is 37.5 Å². The highest BCUT2D eigenvalue weighted by Crippen LogP contribution is 2.26. The first-order valence-electron chi connectivity index (χ1n) is 8.83. The predicted molar refractivity (Wildman–Crippen MR) is 113 cm³/mol. The first-order valence-corrected chi connectivity index (χ1v) is 8.83. The van der Waals surface area contributed by atoms with E-state index in [-0.39, 0.29) is 17.4 Å². The van der Waals surface area contributed by atoms with E-state index in [2.05, 4.69) is 4.98 Å². The molecule has 0 bridgehead atoms. The van der Waals surface area contributed by atoms with Crippen LogP contribution in [0.4, 0.5) is 5.69 Å². The van der Waals surface area contributed by atoms with Gasteiger partial charge in [0, 0.05) is 34.3 Å². The van der Waals surface area contributed by atoms with Crippen LogP contribution in [0.2, 0.25) is 0 Å². The molecular weight excluding hydrogens is 368 g/mol. The summed E-state index contributed by atoms with van der Waals surface area (Å²) in [6, 6.07) is 8.12. The number of anilines is 1. The van der Waals surface area contributed by atoms with Gasteiger partial charge < -0.3 is 26.9 Å². The van der Waals surface area contributed by atoms with Gasteiger partial charge in [-0.15, -0.1) is 0 Å². The summed E-state index contributed by atoms with van der Waals surface area (Å²) < 4.78 is 6.01. The predicted octanol–water partition coefficient (Wildman–Crippen LogP) is 2.11. The molecule has 150 valence electrons. The maximum absolute atomic E-state index is 11.6. The fourth-order valence-corrected chi connectivity index (χ4v) is 3.00. The number of hydrogen-bond donors (Lipinski definition) is 5. The number of H-pyrrole nitrogens is 1. The van der Waals surface area contributed by atoms with E-state index in [0.29, 0.717) is 28.3 Å². The van der Waals surface area contributed by atoms with Crippen LogP contribution in [0.5, 0.6) is 5.75 Å². The highest BCUT2D eigenvalue weighted by atomic mass is 16.5. The van der Waals surface area contributed by atoms with E-state index in [0.717, 1.165) is 11.1 Å². The van der Waals surface area contributed by atoms with Crippen LogP contribution in [0.3, 0.4) is 0 Å². The summed E-state index contributed by atoms with van der Waals surface area (Å²) in [6.45, 7) is 5.47. The second kappa shape index (κ2) is 8.80. The lowest BCUT2D eigenvalue weighted by molar-refractivity contribution is 0.258. The van der Waals surface area contributed by atoms with Gasteiger partial charge in [-0.25, -0.2) is 0 Å². The molecule has 2 rings (SSSR count). The van der Waals surface area contributed by atoms with Crippen LogP contribution in [-0.4, -0.2) is 16.8 Å². The zero-order chi connectivity index (χ0) is 21.7. The van der Waals surface area contributed by atoms with Crippen molar-refractivity contribution >= 4 is 11.4 Å². The Kier molecular flexibility index (Phi) is 6.47. The number of aromatic amines is 1. The van der Waals surface area contributed by atoms with Crippen molar-refractivity contribution in [2.75, 3.05) is 5.73 Å². The largest absolute Gasteiger partial charge is 0.486 e. The number of nitrogens with zero attached hydrogens (tertiary/aromatic N) is 1. The zero-order valence-corrected chi connectivity index (χ0v) is 16.5. The van der Waals surface area contributed by atoms with E-state index in [1.54, 1.807) is 31.2 Å². The highest BCUT2D eigenvalue weighted by Gasteiger charge is 2.17. The van der Waals surface area contributed by atoms with Crippen molar-refractivity contribution in [1.29, 1.82) is 10.7 Å². The molecule has 0 saturated heterocycles. The third-order valence-electron chi connectivity index (χ3n) is 4.43. The van der Waals surface area contributed by atoms with Gasteiger partial charge >= 0.3 is 0 Å². The number of nitrogen functional groups attached to an aromatic ring is 1. The molecule has 8 N–H and O–H groups in total. The van der Waals surface area contributed by atoms with Crippen molar-refractivity contribution in [3.8, 4) is 11.8 Å². The molecule has 1 heterocycles. The average Bonchev–Trinajstić information content (AvgIpc) is 2.68. The quantitative estimate of drug-likeness (QED) is 0.286. The van der Waals surface area contributed by atoms with Gasteiger partial charge in [0.15, 0.2) is 0 Å². The standard InChI is InChI=1S/C21H24N6O2/c1-11(8-22)19(12(2)24)13(3)29-16-4-5-18(25)17(7-16)20(26)15-6-14(9-23)21(28)27-10-15/h4-8,10,13,26H,22,24-25H2,1-3H3,(H,27,28)/b11-8-,19-12?,26-20?/t13-/m1/s1. The number of nitrogens with one attached hydrogen (secondary N) is 2. The molecule has 1 atom stereocenters. The fourth-order valence-electron chi connectivity index (χ4n) is 3.00. The summed E-state index contributed by atoms with van der Waals surface area (Å²) in [5.74, 6) is 0.486. The number of nitrogens with two attached hydrogens (primary N) is 3. The Bertz CT molecular complexity index is 1100. The van der Waals surface area contributed by atoms with E-state index in [9.17, 15) is 4.79 Å². The van der Waals surface area contributed by atoms with E-state index in [1.807, 2.05) is 13.8 Å². The van der Waals surface area contributed by atoms with E-state index < -0.39 is 5.56 Å². The second-order valence-electron chi connectivity index (χ2n) is 6.57. The molecule has 0 amide bonds. The van der Waals surface area contributed by atoms with Gasteiger partial charge in [0.05, 0.1) is 5.71 Å². The minimum atomic E-state index is -0.511. The Balaban J connectivity index is 2.40. The van der Waals surface area contributed by atoms with Crippen molar-refractivity contribution in [2.45, 2.75) is 26.9 Å². The summed E-state index contributed by atoms with van der Waals surface area (Å²) in [7, 11) is 0. The summed E-state index contributed by atoms with van der Waals surface area (Å²) in [6.07, 6.45) is 2.46. The van der Waals surface area contributed by atoms with Crippen LogP contribution in [0.25, 0.3) is 0 Å². The Morgan fingerprint density at radius 3 is 2.62 bits per heavy atom. The lowest BCUT2D eigenvalue weighted by atomic mass is 10.00. The monoisotopic (exact) mass is 392 g/mol. The van der Waals surface area contributed by atoms with Crippen LogP contribution < -0.4 is 27.5 Å². The number of benzene rings is 1. The number of nitriles is 1. The molecule has 0 fully saturated rings. The molecular formula is C21H24N6O2. The Morgan fingerprint density at radius 2 is 2.03 bits per heavy atom. The summed E-state index contributed by atoms with van der Waals surface area (Å²) in [5.41, 5.74) is 20.4. The van der Waals surface area contributed by atoms with Gasteiger partial charge in [0.2, 0.25) is 0 Å². The van der Waals surface area contributed by atoms with Crippen LogP contribution in [0.15, 0.2) is 58.3 Å². The first kappa shape index (κ1) is 21.3. The second-order valence-corrected chi connectivity index (χ2v) is 6.57. The number of hydrogen-bond acceptors (Lipinski definition) is 7. The maximum Gasteiger partial charge on any atom is 0.265 e. The van der Waals surface area contributed by atoms with E-state index in [4.69, 9.17) is 32.6 Å². The van der Waals surface area contributed by atoms with Crippen molar-refractivity contribution in [3.05, 3.63) is 80.5 Å². The SMILES string of the molecule is CC(N)=C(/C(C)=C\N)[C@@H](C)Oc1ccc(N)c(C(=N)c2c[nH]c(=O)c(C#N)c2)c1. The molecule has 8 nitrogen and oxygen atoms in total. The molecule has 29 heavy (non-hydrogen) atoms. The molecule has 0 aliphatic rings. The lowest BCUT2D eigenvalue weighted by Crippen LogP contribution is -2.20. The summed E-state index contributed by atoms with van der Waals surface area (Å²) in [5, 5.41) is 17.5. The normalized spacial score (nSPS) is 13.2. The topological polar surface area (TPSA) is 168 Å². The summed E-state index contributed by atoms with van der Waals surface area (Å²) in [4.78, 5) is 14.0. The highest BCUT2D eigenvalue weighted by molar-refractivity contribution is 6.14. The maximum atomic E-state index is 11.6. The van der Waals surface area contributed by atoms with Crippen molar-refractivity contribution < 1.29 is 4.74 Å². The summed E-state index contributed by atoms with van der Waals surface area (Å²) >= 11 is 0. The third kappa shape index (κ3) is 4.65. The number of pyridine rings is 1. The van der Waals surface area contributed by atoms with Crippen molar-refractivity contribution in [1.82, 2.24) is 4.98 Å². The van der Waals surface area contributed by atoms with E-state index >= 15 is 0 Å². The Morgan fingerprint density at radius 1 is 1.34 bits per heavy atom. The van der Waals surface area contributed by atoms with Gasteiger partial charge in [-0.1, -0.05) is 0 Å². The molecule has 0 saturated carbocycles. The zero-order valence-electron chi connectivity index (χ0n) is 16.5. The number of rotatable bonds is 6. The van der Waals surface area contributed by atoms with Gasteiger partial charge in [-0.3, -0.25) is 10.2 Å². The van der Waals surface area contributed by atoms with Crippen LogP contribution >= 0.6 is 0 Å². The van der Waals surface area contributed by atoms with Gasteiger partial charge in [-0.2, -0.15) is 5.26 Å². The molecule has 0 spiro atoms. The minimum absolute atomic E-state index is 0.0529. The van der Waals surface area contributed by atoms with Crippen LogP contribution in [0, 0.1) is 16.7 Å². The fraction of sp³-hybridized carbons (Fsp3) is 0.190. The third-order valence-corrected chi connectivity index (χ3v) is 4.43. The van der Waals surface area contributed by atoms with Crippen molar-refractivity contribution in [2.24, 2.45) is 11.5 Å². The van der Waals surface area contributed by atoms with Crippen molar-refractivity contribution in [3.63, 3.8) is 0 Å². The van der Waals surface area contributed by atoms with Crippen LogP contribution in [-0.2, 0) is 0 Å². The van der Waals surface area contributed by atoms with Gasteiger partial charge in [-0.05, 0) is 56.8 Å². The Hall–Kier alpha value is -3.99. The Labute approximate surface area is 168 Å². The number of ether oxygens (including phenoxy) is 1. The number of aromatic nitrogens is 1. The lowest BCUT2D eigenvalue weighted by Gasteiger charge is -2.21. The minimum Gasteiger partial charge on any atom is -0.486 e. The smallest absolute Gasteiger partial charge is 0.265 e. The molecule has 0 aliphatic carbocycles. The molecule has 8 heteroatoms. The van der Waals surface area contributed by atoms with Gasteiger partial charge in [0.1, 0.15) is 23.5 Å². The molecule has 0 radical (unpaired) electrons. The molecule has 1 aromatic carbocycles.